The Hall–Kier alpha value is -8.37. The van der Waals surface area contributed by atoms with Gasteiger partial charge in [0.1, 0.15) is 0 Å². The molecule has 3 aromatic heterocycles. The summed E-state index contributed by atoms with van der Waals surface area (Å²) in [4.78, 5) is 7.90. The Balaban J connectivity index is 1.15. The van der Waals surface area contributed by atoms with E-state index >= 15 is 0 Å². The molecule has 0 bridgehead atoms. The van der Waals surface area contributed by atoms with Crippen LogP contribution in [0.2, 0.25) is 0 Å². The van der Waals surface area contributed by atoms with Crippen LogP contribution in [0.1, 0.15) is 5.56 Å². The van der Waals surface area contributed by atoms with Crippen molar-refractivity contribution in [3.05, 3.63) is 198 Å². The van der Waals surface area contributed by atoms with Crippen molar-refractivity contribution in [3.8, 4) is 34.3 Å². The molecule has 8 aromatic carbocycles. The van der Waals surface area contributed by atoms with E-state index in [1.165, 1.54) is 0 Å². The third-order valence-electron chi connectivity index (χ3n) is 11.3. The molecule has 0 saturated carbocycles. The fraction of sp³-hybridized carbons (Fsp3) is 0. The smallest absolute Gasteiger partial charge is 0.211 e. The molecule has 0 N–H and O–H groups in total. The van der Waals surface area contributed by atoms with Crippen molar-refractivity contribution in [2.75, 3.05) is 0 Å². The molecule has 57 heavy (non-hydrogen) atoms. The van der Waals surface area contributed by atoms with Gasteiger partial charge in [0.25, 0.3) is 0 Å². The number of benzene rings is 8. The predicted octanol–water partition coefficient (Wildman–Crippen LogP) is 13.6. The summed E-state index contributed by atoms with van der Waals surface area (Å²) in [6.45, 7) is 16.2. The van der Waals surface area contributed by atoms with Crippen LogP contribution in [0, 0.1) is 24.5 Å². The Morgan fingerprint density at radius 1 is 0.421 bits per heavy atom. The van der Waals surface area contributed by atoms with Gasteiger partial charge < -0.3 is 13.7 Å². The molecule has 0 radical (unpaired) electrons. The molecule has 11 rings (SSSR count). The van der Waals surface area contributed by atoms with Gasteiger partial charge in [0.2, 0.25) is 5.69 Å². The molecule has 0 saturated heterocycles. The molecule has 0 amide bonds. The second-order valence-corrected chi connectivity index (χ2v) is 14.2. The molecule has 0 atom stereocenters. The number of nitriles is 1. The first kappa shape index (κ1) is 32.1. The predicted molar refractivity (Wildman–Crippen MR) is 232 cm³/mol. The summed E-state index contributed by atoms with van der Waals surface area (Å²) in [6, 6.07) is 60.2. The monoisotopic (exact) mass is 724 g/mol. The molecule has 0 unspecified atom stereocenters. The molecule has 0 aliphatic heterocycles. The summed E-state index contributed by atoms with van der Waals surface area (Å²) >= 11 is 0. The van der Waals surface area contributed by atoms with E-state index in [2.05, 4.69) is 127 Å². The van der Waals surface area contributed by atoms with E-state index in [4.69, 9.17) is 13.1 Å². The van der Waals surface area contributed by atoms with Gasteiger partial charge in [-0.1, -0.05) is 91.0 Å². The third-order valence-corrected chi connectivity index (χ3v) is 11.3. The maximum atomic E-state index is 9.73. The highest BCUT2D eigenvalue weighted by molar-refractivity contribution is 6.13. The van der Waals surface area contributed by atoms with Crippen molar-refractivity contribution in [1.82, 2.24) is 13.7 Å². The molecule has 3 heterocycles. The Labute approximate surface area is 327 Å². The Morgan fingerprint density at radius 2 is 1.00 bits per heavy atom. The lowest BCUT2D eigenvalue weighted by Gasteiger charge is -2.16. The van der Waals surface area contributed by atoms with E-state index in [1.807, 2.05) is 72.8 Å². The van der Waals surface area contributed by atoms with Gasteiger partial charge in [0, 0.05) is 38.2 Å². The highest BCUT2D eigenvalue weighted by Gasteiger charge is 2.21. The van der Waals surface area contributed by atoms with Gasteiger partial charge in [-0.15, -0.1) is 0 Å². The summed E-state index contributed by atoms with van der Waals surface area (Å²) in [7, 11) is 0. The molecular formula is C51H28N6. The normalized spacial score (nSPS) is 11.5. The minimum Gasteiger partial charge on any atom is -0.319 e. The molecule has 11 aromatic rings. The van der Waals surface area contributed by atoms with E-state index in [-0.39, 0.29) is 0 Å². The quantitative estimate of drug-likeness (QED) is 0.167. The second kappa shape index (κ2) is 12.3. The Bertz CT molecular complexity index is 3580. The zero-order valence-electron chi connectivity index (χ0n) is 30.3. The minimum absolute atomic E-state index is 0.561. The molecule has 262 valence electrons. The molecule has 0 spiro atoms. The van der Waals surface area contributed by atoms with Gasteiger partial charge in [-0.05, 0) is 89.8 Å². The molecule has 0 aliphatic carbocycles. The van der Waals surface area contributed by atoms with Gasteiger partial charge >= 0.3 is 0 Å². The van der Waals surface area contributed by atoms with E-state index in [1.54, 1.807) is 0 Å². The van der Waals surface area contributed by atoms with E-state index < -0.39 is 0 Å². The number of rotatable bonds is 4. The van der Waals surface area contributed by atoms with Gasteiger partial charge in [0.05, 0.1) is 69.3 Å². The molecule has 0 aliphatic rings. The van der Waals surface area contributed by atoms with Crippen LogP contribution < -0.4 is 0 Å². The van der Waals surface area contributed by atoms with E-state index in [9.17, 15) is 5.26 Å². The largest absolute Gasteiger partial charge is 0.319 e. The molecular weight excluding hydrogens is 697 g/mol. The fourth-order valence-electron chi connectivity index (χ4n) is 8.85. The van der Waals surface area contributed by atoms with Crippen LogP contribution in [-0.2, 0) is 0 Å². The Morgan fingerprint density at radius 3 is 1.72 bits per heavy atom. The van der Waals surface area contributed by atoms with Crippen LogP contribution in [0.15, 0.2) is 170 Å². The maximum absolute atomic E-state index is 9.73. The highest BCUT2D eigenvalue weighted by atomic mass is 15.0. The summed E-state index contributed by atoms with van der Waals surface area (Å²) in [6.07, 6.45) is 0. The van der Waals surface area contributed by atoms with Crippen molar-refractivity contribution < 1.29 is 0 Å². The average molecular weight is 725 g/mol. The minimum atomic E-state index is 0.561. The number of hydrogen-bond acceptors (Lipinski definition) is 1. The highest BCUT2D eigenvalue weighted by Crippen LogP contribution is 2.42. The van der Waals surface area contributed by atoms with Crippen LogP contribution in [0.25, 0.3) is 103 Å². The zero-order valence-corrected chi connectivity index (χ0v) is 30.3. The van der Waals surface area contributed by atoms with Crippen LogP contribution in [0.5, 0.6) is 0 Å². The molecule has 6 heteroatoms. The van der Waals surface area contributed by atoms with E-state index in [0.29, 0.717) is 16.9 Å². The standard InChI is InChI=1S/C51H28N6/c1-53-34-21-26-49-42(29-34)40-23-22-35(55-45-16-8-6-14-39(45)41-27-32(31-52)19-24-48(41)55)30-51(40)57(49)44-15-7-3-11-36(44)33-20-25-50(43(28-33)54-2)56-46-17-9-4-12-37(46)38-13-5-10-18-47(38)56/h3-30H. The first-order valence-electron chi connectivity index (χ1n) is 18.6. The van der Waals surface area contributed by atoms with Crippen LogP contribution in [0.4, 0.5) is 11.4 Å². The van der Waals surface area contributed by atoms with Gasteiger partial charge in [-0.25, -0.2) is 9.69 Å². The molecule has 6 nitrogen and oxygen atoms in total. The number of fused-ring (bicyclic) bond motifs is 9. The topological polar surface area (TPSA) is 47.3 Å². The first-order chi connectivity index (χ1) is 28.1. The average Bonchev–Trinajstić information content (AvgIpc) is 3.90. The van der Waals surface area contributed by atoms with Crippen LogP contribution in [-0.4, -0.2) is 13.7 Å². The SMILES string of the molecule is [C-]#[N+]c1ccc2c(c1)c1ccc(-n3c4ccccc4c4cc(C#N)ccc43)cc1n2-c1ccccc1-c1ccc(-n2c3ccccc3c3ccccc32)c([N+]#[C-])c1. The molecule has 0 fully saturated rings. The zero-order chi connectivity index (χ0) is 38.2. The summed E-state index contributed by atoms with van der Waals surface area (Å²) in [5.74, 6) is 0. The summed E-state index contributed by atoms with van der Waals surface area (Å²) in [5.41, 5.74) is 12.6. The summed E-state index contributed by atoms with van der Waals surface area (Å²) in [5, 5.41) is 16.2. The number of hydrogen-bond donors (Lipinski definition) is 0. The lowest BCUT2D eigenvalue weighted by Crippen LogP contribution is -1.99. The number of aromatic nitrogens is 3. The van der Waals surface area contributed by atoms with Crippen molar-refractivity contribution in [2.24, 2.45) is 0 Å². The van der Waals surface area contributed by atoms with Crippen molar-refractivity contribution in [2.45, 2.75) is 0 Å². The van der Waals surface area contributed by atoms with Gasteiger partial charge in [-0.2, -0.15) is 5.26 Å². The van der Waals surface area contributed by atoms with Gasteiger partial charge in [-0.3, -0.25) is 0 Å². The van der Waals surface area contributed by atoms with Gasteiger partial charge in [0.15, 0.2) is 5.69 Å². The first-order valence-corrected chi connectivity index (χ1v) is 18.6. The number of nitrogens with zero attached hydrogens (tertiary/aromatic N) is 6. The summed E-state index contributed by atoms with van der Waals surface area (Å²) < 4.78 is 6.75. The van der Waals surface area contributed by atoms with Crippen molar-refractivity contribution in [1.29, 1.82) is 5.26 Å². The van der Waals surface area contributed by atoms with Crippen molar-refractivity contribution in [3.63, 3.8) is 0 Å². The maximum Gasteiger partial charge on any atom is 0.211 e. The second-order valence-electron chi connectivity index (χ2n) is 14.2. The lowest BCUT2D eigenvalue weighted by atomic mass is 10.0. The lowest BCUT2D eigenvalue weighted by molar-refractivity contribution is 1.15. The number of para-hydroxylation sites is 4. The fourth-order valence-corrected chi connectivity index (χ4v) is 8.85. The van der Waals surface area contributed by atoms with E-state index in [0.717, 1.165) is 93.6 Å². The van der Waals surface area contributed by atoms with Crippen molar-refractivity contribution >= 4 is 76.8 Å². The Kier molecular flexibility index (Phi) is 6.95. The van der Waals surface area contributed by atoms with Crippen LogP contribution >= 0.6 is 0 Å². The third kappa shape index (κ3) is 4.68. The van der Waals surface area contributed by atoms with Crippen LogP contribution in [0.3, 0.4) is 0 Å².